The molecular weight excluding hydrogens is 536 g/mol. The Morgan fingerprint density at radius 1 is 1.07 bits per heavy atom. The number of fused-ring (bicyclic) bond motifs is 1. The molecule has 10 nitrogen and oxygen atoms in total. The van der Waals surface area contributed by atoms with Gasteiger partial charge in [-0.2, -0.15) is 0 Å². The summed E-state index contributed by atoms with van der Waals surface area (Å²) in [5, 5.41) is 20.3. The number of amidine groups is 1. The van der Waals surface area contributed by atoms with E-state index >= 15 is 0 Å². The number of ether oxygens (including phenoxy) is 2. The fourth-order valence-electron chi connectivity index (χ4n) is 4.96. The van der Waals surface area contributed by atoms with Crippen LogP contribution in [-0.4, -0.2) is 74.4 Å². The van der Waals surface area contributed by atoms with E-state index in [1.54, 1.807) is 24.1 Å². The first-order valence-electron chi connectivity index (χ1n) is 14.4. The number of ketones is 1. The highest BCUT2D eigenvalue weighted by atomic mass is 16.5. The molecule has 1 aliphatic heterocycles. The molecule has 228 valence electrons. The van der Waals surface area contributed by atoms with Crippen molar-refractivity contribution in [1.29, 1.82) is 5.41 Å². The first-order chi connectivity index (χ1) is 19.8. The molecule has 1 heterocycles. The van der Waals surface area contributed by atoms with Gasteiger partial charge >= 0.3 is 5.97 Å². The second-order valence-electron chi connectivity index (χ2n) is 11.7. The highest BCUT2D eigenvalue weighted by Gasteiger charge is 2.31. The average Bonchev–Trinajstić information content (AvgIpc) is 3.22. The number of carbonyl (C=O) groups excluding carboxylic acids is 2. The lowest BCUT2D eigenvalue weighted by Crippen LogP contribution is -2.30. The minimum atomic E-state index is -0.794. The van der Waals surface area contributed by atoms with Gasteiger partial charge in [0.2, 0.25) is 0 Å². The van der Waals surface area contributed by atoms with Crippen LogP contribution in [0.1, 0.15) is 90.8 Å². The Morgan fingerprint density at radius 3 is 2.38 bits per heavy atom. The predicted octanol–water partition coefficient (Wildman–Crippen LogP) is 4.86. The number of Topliss-reactive ketones (excluding diaryl/α,β-unsaturated/α-hetero) is 1. The molecule has 3 N–H and O–H groups in total. The maximum Gasteiger partial charge on any atom is 0.303 e. The van der Waals surface area contributed by atoms with Crippen LogP contribution in [0.4, 0.5) is 5.69 Å². The van der Waals surface area contributed by atoms with Crippen molar-refractivity contribution in [2.75, 3.05) is 45.8 Å². The van der Waals surface area contributed by atoms with Gasteiger partial charge in [0.05, 0.1) is 31.0 Å². The first-order valence-corrected chi connectivity index (χ1v) is 14.4. The Morgan fingerprint density at radius 2 is 1.79 bits per heavy atom. The summed E-state index contributed by atoms with van der Waals surface area (Å²) in [5.74, 6) is 0.152. The molecule has 0 aromatic heterocycles. The number of anilines is 1. The van der Waals surface area contributed by atoms with E-state index in [-0.39, 0.29) is 35.9 Å². The fraction of sp³-hybridized carbons (Fsp3) is 0.500. The summed E-state index contributed by atoms with van der Waals surface area (Å²) in [7, 11) is 5.36. The van der Waals surface area contributed by atoms with Gasteiger partial charge in [-0.25, -0.2) is 0 Å². The molecule has 2 aromatic carbocycles. The Bertz CT molecular complexity index is 1350. The van der Waals surface area contributed by atoms with E-state index in [4.69, 9.17) is 20.0 Å². The van der Waals surface area contributed by atoms with E-state index in [1.165, 1.54) is 0 Å². The Kier molecular flexibility index (Phi) is 10.6. The molecule has 0 atom stereocenters. The predicted molar refractivity (Wildman–Crippen MR) is 164 cm³/mol. The second-order valence-corrected chi connectivity index (χ2v) is 11.7. The molecular formula is C32H44N4O6. The van der Waals surface area contributed by atoms with E-state index in [0.29, 0.717) is 54.4 Å². The van der Waals surface area contributed by atoms with E-state index in [1.807, 2.05) is 38.1 Å². The zero-order valence-corrected chi connectivity index (χ0v) is 25.8. The smallest absolute Gasteiger partial charge is 0.303 e. The summed E-state index contributed by atoms with van der Waals surface area (Å²) in [4.78, 5) is 40.6. The van der Waals surface area contributed by atoms with Crippen LogP contribution < -0.4 is 19.7 Å². The molecule has 2 aromatic rings. The van der Waals surface area contributed by atoms with Crippen molar-refractivity contribution in [3.63, 3.8) is 0 Å². The molecule has 3 rings (SSSR count). The Labute approximate surface area is 248 Å². The molecule has 0 spiro atoms. The fourth-order valence-corrected chi connectivity index (χ4v) is 4.96. The van der Waals surface area contributed by atoms with Crippen LogP contribution in [0.3, 0.4) is 0 Å². The molecule has 0 fully saturated rings. The molecule has 0 unspecified atom stereocenters. The van der Waals surface area contributed by atoms with Crippen LogP contribution in [-0.2, 0) is 16.8 Å². The quantitative estimate of drug-likeness (QED) is 0.213. The lowest BCUT2D eigenvalue weighted by molar-refractivity contribution is -0.137. The number of unbranched alkanes of at least 4 members (excludes halogenated alkanes) is 2. The van der Waals surface area contributed by atoms with Crippen molar-refractivity contribution < 1.29 is 29.0 Å². The largest absolute Gasteiger partial charge is 0.493 e. The number of nitrogens with zero attached hydrogens (tertiary/aromatic N) is 2. The standard InChI is InChI=1S/C32H44N4O6/c1-8-41-27-16-21-18-36(30(33)22(21)17-23(27)31(40)34-5)19-26(37)20-14-24(32(2,3)4)29(25(15-20)35(6)7)42-13-11-9-10-12-28(38)39/h14-17,33H,8-13,18-19H2,1-7H3,(H,34,40)(H,38,39). The maximum atomic E-state index is 13.7. The number of carboxylic acid groups (broad SMARTS) is 1. The summed E-state index contributed by atoms with van der Waals surface area (Å²) in [6.07, 6.45) is 2.24. The van der Waals surface area contributed by atoms with Crippen molar-refractivity contribution in [2.45, 2.75) is 65.3 Å². The van der Waals surface area contributed by atoms with Crippen LogP contribution in [0.15, 0.2) is 24.3 Å². The van der Waals surface area contributed by atoms with Gasteiger partial charge in [-0.1, -0.05) is 20.8 Å². The molecule has 0 saturated heterocycles. The second kappa shape index (κ2) is 13.7. The highest BCUT2D eigenvalue weighted by Crippen LogP contribution is 2.40. The van der Waals surface area contributed by atoms with Crippen molar-refractivity contribution >= 4 is 29.2 Å². The molecule has 0 bridgehead atoms. The lowest BCUT2D eigenvalue weighted by Gasteiger charge is -2.28. The molecule has 10 heteroatoms. The number of amides is 1. The maximum absolute atomic E-state index is 13.7. The highest BCUT2D eigenvalue weighted by molar-refractivity contribution is 6.08. The minimum Gasteiger partial charge on any atom is -0.493 e. The molecule has 42 heavy (non-hydrogen) atoms. The topological polar surface area (TPSA) is 132 Å². The third-order valence-electron chi connectivity index (χ3n) is 7.21. The van der Waals surface area contributed by atoms with Gasteiger partial charge in [-0.3, -0.25) is 19.8 Å². The number of carboxylic acids is 1. The third-order valence-corrected chi connectivity index (χ3v) is 7.21. The summed E-state index contributed by atoms with van der Waals surface area (Å²) < 4.78 is 12.0. The van der Waals surface area contributed by atoms with E-state index in [0.717, 1.165) is 29.7 Å². The van der Waals surface area contributed by atoms with Gasteiger partial charge < -0.3 is 29.7 Å². The van der Waals surface area contributed by atoms with Crippen LogP contribution in [0.2, 0.25) is 0 Å². The number of aliphatic carboxylic acids is 1. The summed E-state index contributed by atoms with van der Waals surface area (Å²) >= 11 is 0. The SMILES string of the molecule is CCOc1cc2c(cc1C(=O)NC)C(=N)N(CC(=O)c1cc(N(C)C)c(OCCCCCC(=O)O)c(C(C)(C)C)c1)C2. The van der Waals surface area contributed by atoms with Crippen LogP contribution >= 0.6 is 0 Å². The van der Waals surface area contributed by atoms with Gasteiger partial charge in [0, 0.05) is 50.8 Å². The number of nitrogens with one attached hydrogen (secondary N) is 2. The van der Waals surface area contributed by atoms with Gasteiger partial charge in [-0.15, -0.1) is 0 Å². The van der Waals surface area contributed by atoms with Crippen molar-refractivity contribution in [3.8, 4) is 11.5 Å². The van der Waals surface area contributed by atoms with Crippen molar-refractivity contribution in [1.82, 2.24) is 10.2 Å². The average molecular weight is 581 g/mol. The van der Waals surface area contributed by atoms with Crippen molar-refractivity contribution in [2.24, 2.45) is 0 Å². The molecule has 1 amide bonds. The van der Waals surface area contributed by atoms with Crippen LogP contribution in [0.25, 0.3) is 0 Å². The van der Waals surface area contributed by atoms with Gasteiger partial charge in [0.25, 0.3) is 5.91 Å². The van der Waals surface area contributed by atoms with Gasteiger partial charge in [0.1, 0.15) is 17.3 Å². The monoisotopic (exact) mass is 580 g/mol. The number of benzene rings is 2. The van der Waals surface area contributed by atoms with Gasteiger partial charge in [-0.05, 0) is 61.4 Å². The number of hydrogen-bond acceptors (Lipinski definition) is 7. The van der Waals surface area contributed by atoms with E-state index in [9.17, 15) is 14.4 Å². The van der Waals surface area contributed by atoms with Crippen LogP contribution in [0, 0.1) is 5.41 Å². The molecule has 0 aliphatic carbocycles. The number of hydrogen-bond donors (Lipinski definition) is 3. The third kappa shape index (κ3) is 7.60. The Hall–Kier alpha value is -4.08. The number of carbonyl (C=O) groups is 3. The zero-order valence-electron chi connectivity index (χ0n) is 25.8. The van der Waals surface area contributed by atoms with E-state index in [2.05, 4.69) is 26.1 Å². The molecule has 0 radical (unpaired) electrons. The first kappa shape index (κ1) is 32.4. The number of rotatable bonds is 14. The molecule has 0 saturated carbocycles. The summed E-state index contributed by atoms with van der Waals surface area (Å²) in [6, 6.07) is 7.18. The minimum absolute atomic E-state index is 0.00697. The normalized spacial score (nSPS) is 12.6. The van der Waals surface area contributed by atoms with Gasteiger partial charge in [0.15, 0.2) is 5.78 Å². The molecule has 1 aliphatic rings. The Balaban J connectivity index is 1.86. The zero-order chi connectivity index (χ0) is 31.2. The van der Waals surface area contributed by atoms with Crippen LogP contribution in [0.5, 0.6) is 11.5 Å². The lowest BCUT2D eigenvalue weighted by atomic mass is 9.84. The van der Waals surface area contributed by atoms with E-state index < -0.39 is 5.97 Å². The van der Waals surface area contributed by atoms with Crippen molar-refractivity contribution in [3.05, 3.63) is 52.1 Å². The summed E-state index contributed by atoms with van der Waals surface area (Å²) in [6.45, 7) is 9.28. The summed E-state index contributed by atoms with van der Waals surface area (Å²) in [5.41, 5.74) is 3.71.